The average Bonchev–Trinajstić information content (AvgIpc) is 2.87. The number of aliphatic imine (C=N–C) groups is 1. The SMILES string of the molecule is CC(C)n1cncc1C1N=C(NC2CC2)NC1=O. The molecule has 1 fully saturated rings. The van der Waals surface area contributed by atoms with E-state index in [0.717, 1.165) is 18.5 Å². The quantitative estimate of drug-likeness (QED) is 0.827. The fraction of sp³-hybridized carbons (Fsp3) is 0.583. The third-order valence-electron chi connectivity index (χ3n) is 3.20. The summed E-state index contributed by atoms with van der Waals surface area (Å²) in [6.07, 6.45) is 5.77. The van der Waals surface area contributed by atoms with Crippen molar-refractivity contribution in [3.8, 4) is 0 Å². The molecule has 2 N–H and O–H groups in total. The van der Waals surface area contributed by atoms with Crippen LogP contribution in [0.15, 0.2) is 17.5 Å². The molecule has 3 rings (SSSR count). The summed E-state index contributed by atoms with van der Waals surface area (Å²) in [5.41, 5.74) is 0.843. The monoisotopic (exact) mass is 247 g/mol. The van der Waals surface area contributed by atoms with Crippen LogP contribution in [0.5, 0.6) is 0 Å². The zero-order valence-corrected chi connectivity index (χ0v) is 10.6. The van der Waals surface area contributed by atoms with Gasteiger partial charge in [0.15, 0.2) is 12.0 Å². The molecule has 2 aliphatic rings. The number of imidazole rings is 1. The summed E-state index contributed by atoms with van der Waals surface area (Å²) in [5, 5.41) is 6.00. The summed E-state index contributed by atoms with van der Waals surface area (Å²) in [5.74, 6) is 0.518. The van der Waals surface area contributed by atoms with Gasteiger partial charge in [-0.15, -0.1) is 0 Å². The number of nitrogens with zero attached hydrogens (tertiary/aromatic N) is 3. The fourth-order valence-corrected chi connectivity index (χ4v) is 2.06. The van der Waals surface area contributed by atoms with Crippen molar-refractivity contribution in [3.05, 3.63) is 18.2 Å². The van der Waals surface area contributed by atoms with Gasteiger partial charge in [-0.1, -0.05) is 0 Å². The summed E-state index contributed by atoms with van der Waals surface area (Å²) >= 11 is 0. The van der Waals surface area contributed by atoms with Crippen LogP contribution in [0.1, 0.15) is 44.5 Å². The molecule has 0 saturated heterocycles. The van der Waals surface area contributed by atoms with E-state index in [9.17, 15) is 4.79 Å². The van der Waals surface area contributed by atoms with Crippen LogP contribution >= 0.6 is 0 Å². The molecule has 0 spiro atoms. The topological polar surface area (TPSA) is 71.3 Å². The van der Waals surface area contributed by atoms with Gasteiger partial charge in [0.05, 0.1) is 18.2 Å². The van der Waals surface area contributed by atoms with Gasteiger partial charge in [-0.25, -0.2) is 9.98 Å². The third-order valence-corrected chi connectivity index (χ3v) is 3.20. The first-order valence-electron chi connectivity index (χ1n) is 6.32. The second-order valence-corrected chi connectivity index (χ2v) is 5.11. The highest BCUT2D eigenvalue weighted by Crippen LogP contribution is 2.25. The Kier molecular flexibility index (Phi) is 2.57. The predicted molar refractivity (Wildman–Crippen MR) is 67.1 cm³/mol. The van der Waals surface area contributed by atoms with Gasteiger partial charge in [0, 0.05) is 12.1 Å². The Balaban J connectivity index is 1.84. The molecule has 1 aromatic rings. The Morgan fingerprint density at radius 2 is 2.28 bits per heavy atom. The zero-order chi connectivity index (χ0) is 12.7. The molecule has 96 valence electrons. The smallest absolute Gasteiger partial charge is 0.257 e. The largest absolute Gasteiger partial charge is 0.353 e. The van der Waals surface area contributed by atoms with E-state index in [1.54, 1.807) is 12.5 Å². The Labute approximate surface area is 105 Å². The summed E-state index contributed by atoms with van der Waals surface area (Å²) < 4.78 is 1.98. The number of aromatic nitrogens is 2. The van der Waals surface area contributed by atoms with E-state index in [1.807, 2.05) is 4.57 Å². The number of hydrogen-bond donors (Lipinski definition) is 2. The number of rotatable bonds is 3. The van der Waals surface area contributed by atoms with E-state index < -0.39 is 6.04 Å². The predicted octanol–water partition coefficient (Wildman–Crippen LogP) is 0.743. The molecule has 2 heterocycles. The molecule has 6 heteroatoms. The first-order valence-corrected chi connectivity index (χ1v) is 6.32. The van der Waals surface area contributed by atoms with E-state index in [0.29, 0.717) is 12.0 Å². The molecule has 6 nitrogen and oxygen atoms in total. The van der Waals surface area contributed by atoms with Crippen molar-refractivity contribution in [2.75, 3.05) is 0 Å². The maximum Gasteiger partial charge on any atom is 0.257 e. The molecule has 1 atom stereocenters. The van der Waals surface area contributed by atoms with Crippen molar-refractivity contribution in [2.24, 2.45) is 4.99 Å². The molecule has 0 radical (unpaired) electrons. The second kappa shape index (κ2) is 4.12. The maximum atomic E-state index is 12.0. The molecule has 1 aromatic heterocycles. The van der Waals surface area contributed by atoms with Crippen LogP contribution in [0.4, 0.5) is 0 Å². The summed E-state index contributed by atoms with van der Waals surface area (Å²) in [4.78, 5) is 20.5. The van der Waals surface area contributed by atoms with E-state index >= 15 is 0 Å². The fourth-order valence-electron chi connectivity index (χ4n) is 2.06. The lowest BCUT2D eigenvalue weighted by molar-refractivity contribution is -0.120. The van der Waals surface area contributed by atoms with E-state index in [-0.39, 0.29) is 11.9 Å². The van der Waals surface area contributed by atoms with Crippen molar-refractivity contribution in [2.45, 2.75) is 44.8 Å². The van der Waals surface area contributed by atoms with Gasteiger partial charge >= 0.3 is 0 Å². The van der Waals surface area contributed by atoms with E-state index in [4.69, 9.17) is 0 Å². The maximum absolute atomic E-state index is 12.0. The number of guanidine groups is 1. The molecule has 18 heavy (non-hydrogen) atoms. The van der Waals surface area contributed by atoms with Crippen molar-refractivity contribution >= 4 is 11.9 Å². The molecular weight excluding hydrogens is 230 g/mol. The molecule has 1 unspecified atom stereocenters. The normalized spacial score (nSPS) is 23.2. The Bertz CT molecular complexity index is 500. The molecule has 1 aliphatic carbocycles. The van der Waals surface area contributed by atoms with Crippen LogP contribution in [-0.4, -0.2) is 27.5 Å². The minimum absolute atomic E-state index is 0.0828. The van der Waals surface area contributed by atoms with Gasteiger partial charge in [-0.3, -0.25) is 10.1 Å². The van der Waals surface area contributed by atoms with Gasteiger partial charge in [-0.05, 0) is 26.7 Å². The van der Waals surface area contributed by atoms with Gasteiger partial charge < -0.3 is 9.88 Å². The summed E-state index contributed by atoms with van der Waals surface area (Å²) in [6.45, 7) is 4.12. The Morgan fingerprint density at radius 3 is 2.94 bits per heavy atom. The van der Waals surface area contributed by atoms with E-state index in [1.165, 1.54) is 0 Å². The molecule has 1 saturated carbocycles. The Morgan fingerprint density at radius 1 is 1.50 bits per heavy atom. The first kappa shape index (κ1) is 11.3. The van der Waals surface area contributed by atoms with Crippen LogP contribution < -0.4 is 10.6 Å². The minimum Gasteiger partial charge on any atom is -0.353 e. The standard InChI is InChI=1S/C12H17N5O/c1-7(2)17-6-13-5-9(17)10-11(18)16-12(15-10)14-8-3-4-8/h5-8,10H,3-4H2,1-2H3,(H2,14,15,16,18). The molecule has 0 bridgehead atoms. The van der Waals surface area contributed by atoms with Gasteiger partial charge in [-0.2, -0.15) is 0 Å². The lowest BCUT2D eigenvalue weighted by Crippen LogP contribution is -2.37. The summed E-state index contributed by atoms with van der Waals surface area (Å²) in [7, 11) is 0. The Hall–Kier alpha value is -1.85. The highest BCUT2D eigenvalue weighted by molar-refractivity contribution is 6.05. The van der Waals surface area contributed by atoms with Crippen LogP contribution in [-0.2, 0) is 4.79 Å². The van der Waals surface area contributed by atoms with Gasteiger partial charge in [0.25, 0.3) is 5.91 Å². The average molecular weight is 247 g/mol. The van der Waals surface area contributed by atoms with Gasteiger partial charge in [0.1, 0.15) is 0 Å². The number of hydrogen-bond acceptors (Lipinski definition) is 4. The van der Waals surface area contributed by atoms with Crippen LogP contribution in [0, 0.1) is 0 Å². The van der Waals surface area contributed by atoms with Crippen LogP contribution in [0.25, 0.3) is 0 Å². The molecule has 1 aliphatic heterocycles. The highest BCUT2D eigenvalue weighted by Gasteiger charge is 2.33. The van der Waals surface area contributed by atoms with Crippen LogP contribution in [0.2, 0.25) is 0 Å². The molecule has 1 amide bonds. The van der Waals surface area contributed by atoms with Crippen molar-refractivity contribution in [1.82, 2.24) is 20.2 Å². The van der Waals surface area contributed by atoms with Crippen LogP contribution in [0.3, 0.4) is 0 Å². The van der Waals surface area contributed by atoms with Crippen molar-refractivity contribution in [1.29, 1.82) is 0 Å². The van der Waals surface area contributed by atoms with Crippen molar-refractivity contribution in [3.63, 3.8) is 0 Å². The number of carbonyl (C=O) groups is 1. The summed E-state index contributed by atoms with van der Waals surface area (Å²) in [6, 6.07) is 0.278. The molecular formula is C12H17N5O. The zero-order valence-electron chi connectivity index (χ0n) is 10.6. The van der Waals surface area contributed by atoms with E-state index in [2.05, 4.69) is 34.5 Å². The third kappa shape index (κ3) is 1.98. The number of carbonyl (C=O) groups excluding carboxylic acids is 1. The number of nitrogens with one attached hydrogen (secondary N) is 2. The van der Waals surface area contributed by atoms with Crippen molar-refractivity contribution < 1.29 is 4.79 Å². The lowest BCUT2D eigenvalue weighted by atomic mass is 10.2. The van der Waals surface area contributed by atoms with Gasteiger partial charge in [0.2, 0.25) is 0 Å². The molecule has 0 aromatic carbocycles. The minimum atomic E-state index is -0.476. The highest BCUT2D eigenvalue weighted by atomic mass is 16.2. The first-order chi connectivity index (χ1) is 8.65. The number of amides is 1. The second-order valence-electron chi connectivity index (χ2n) is 5.11. The lowest BCUT2D eigenvalue weighted by Gasteiger charge is -2.13.